The van der Waals surface area contributed by atoms with Crippen molar-refractivity contribution in [2.45, 2.75) is 39.3 Å². The van der Waals surface area contributed by atoms with E-state index in [0.717, 1.165) is 25.1 Å². The minimum absolute atomic E-state index is 0.190. The first kappa shape index (κ1) is 17.2. The molecule has 1 aliphatic heterocycles. The Bertz CT molecular complexity index is 567. The van der Waals surface area contributed by atoms with Gasteiger partial charge in [-0.2, -0.15) is 0 Å². The number of hydrogen-bond acceptors (Lipinski definition) is 4. The van der Waals surface area contributed by atoms with Gasteiger partial charge in [-0.1, -0.05) is 12.1 Å². The molecule has 1 saturated heterocycles. The fourth-order valence-corrected chi connectivity index (χ4v) is 3.83. The van der Waals surface area contributed by atoms with E-state index in [1.165, 1.54) is 5.56 Å². The van der Waals surface area contributed by atoms with E-state index >= 15 is 0 Å². The van der Waals surface area contributed by atoms with Gasteiger partial charge in [0.2, 0.25) is 10.0 Å². The first-order valence-electron chi connectivity index (χ1n) is 7.98. The molecule has 1 heterocycles. The maximum Gasteiger partial charge on any atom is 0.213 e. The summed E-state index contributed by atoms with van der Waals surface area (Å²) in [6.07, 6.45) is 1.73. The van der Waals surface area contributed by atoms with E-state index in [1.807, 2.05) is 25.1 Å². The number of ether oxygens (including phenoxy) is 1. The van der Waals surface area contributed by atoms with Crippen LogP contribution in [-0.2, 0) is 16.6 Å². The Morgan fingerprint density at radius 2 is 2.00 bits per heavy atom. The van der Waals surface area contributed by atoms with Gasteiger partial charge in [0, 0.05) is 25.7 Å². The molecule has 0 aromatic heterocycles. The third-order valence-electron chi connectivity index (χ3n) is 4.02. The van der Waals surface area contributed by atoms with Crippen molar-refractivity contribution in [2.75, 3.05) is 25.4 Å². The molecule has 0 unspecified atom stereocenters. The molecule has 1 aliphatic rings. The van der Waals surface area contributed by atoms with Crippen LogP contribution in [0.15, 0.2) is 24.3 Å². The third kappa shape index (κ3) is 4.69. The fourth-order valence-electron chi connectivity index (χ4n) is 2.69. The van der Waals surface area contributed by atoms with Crippen molar-refractivity contribution in [1.29, 1.82) is 0 Å². The highest BCUT2D eigenvalue weighted by molar-refractivity contribution is 7.89. The van der Waals surface area contributed by atoms with Crippen LogP contribution in [0.3, 0.4) is 0 Å². The van der Waals surface area contributed by atoms with Crippen LogP contribution >= 0.6 is 0 Å². The summed E-state index contributed by atoms with van der Waals surface area (Å²) in [6.45, 7) is 6.36. The summed E-state index contributed by atoms with van der Waals surface area (Å²) in [5, 5.41) is 3.52. The second-order valence-corrected chi connectivity index (χ2v) is 7.79. The number of piperidine rings is 1. The normalized spacial score (nSPS) is 17.5. The highest BCUT2D eigenvalue weighted by Crippen LogP contribution is 2.16. The molecule has 0 bridgehead atoms. The Kier molecular flexibility index (Phi) is 6.23. The summed E-state index contributed by atoms with van der Waals surface area (Å²) < 4.78 is 30.8. The Morgan fingerprint density at radius 3 is 2.64 bits per heavy atom. The van der Waals surface area contributed by atoms with Crippen molar-refractivity contribution in [3.63, 3.8) is 0 Å². The largest absolute Gasteiger partial charge is 0.494 e. The Hall–Kier alpha value is -1.11. The van der Waals surface area contributed by atoms with Crippen LogP contribution in [0.2, 0.25) is 0 Å². The van der Waals surface area contributed by atoms with Crippen molar-refractivity contribution in [2.24, 2.45) is 0 Å². The molecular weight excluding hydrogens is 300 g/mol. The van der Waals surface area contributed by atoms with Crippen LogP contribution in [0, 0.1) is 0 Å². The average molecular weight is 326 g/mol. The Balaban J connectivity index is 1.81. The SMILES string of the molecule is CCOc1cccc(CNC2CCN(S(=O)(=O)CC)CC2)c1. The van der Waals surface area contributed by atoms with Crippen molar-refractivity contribution in [1.82, 2.24) is 9.62 Å². The van der Waals surface area contributed by atoms with Crippen LogP contribution in [0.1, 0.15) is 32.3 Å². The standard InChI is InChI=1S/C16H26N2O3S/c1-3-21-16-7-5-6-14(12-16)13-17-15-8-10-18(11-9-15)22(19,20)4-2/h5-7,12,15,17H,3-4,8-11,13H2,1-2H3. The Morgan fingerprint density at radius 1 is 1.27 bits per heavy atom. The van der Waals surface area contributed by atoms with Gasteiger partial charge in [0.1, 0.15) is 5.75 Å². The van der Waals surface area contributed by atoms with Gasteiger partial charge in [0.05, 0.1) is 12.4 Å². The molecule has 0 saturated carbocycles. The van der Waals surface area contributed by atoms with Crippen molar-refractivity contribution >= 4 is 10.0 Å². The van der Waals surface area contributed by atoms with Gasteiger partial charge in [-0.3, -0.25) is 0 Å². The van der Waals surface area contributed by atoms with Gasteiger partial charge < -0.3 is 10.1 Å². The minimum atomic E-state index is -3.03. The maximum absolute atomic E-state index is 11.8. The van der Waals surface area contributed by atoms with Gasteiger partial charge >= 0.3 is 0 Å². The molecule has 1 aromatic carbocycles. The van der Waals surface area contributed by atoms with Crippen molar-refractivity contribution in [3.05, 3.63) is 29.8 Å². The number of nitrogens with one attached hydrogen (secondary N) is 1. The van der Waals surface area contributed by atoms with E-state index in [0.29, 0.717) is 25.7 Å². The zero-order chi connectivity index (χ0) is 16.0. The summed E-state index contributed by atoms with van der Waals surface area (Å²) in [5.74, 6) is 1.08. The molecule has 0 atom stereocenters. The molecule has 1 fully saturated rings. The van der Waals surface area contributed by atoms with Crippen molar-refractivity contribution in [3.8, 4) is 5.75 Å². The summed E-state index contributed by atoms with van der Waals surface area (Å²) in [6, 6.07) is 8.46. The number of nitrogens with zero attached hydrogens (tertiary/aromatic N) is 1. The van der Waals surface area contributed by atoms with E-state index in [-0.39, 0.29) is 5.75 Å². The lowest BCUT2D eigenvalue weighted by Crippen LogP contribution is -2.45. The second-order valence-electron chi connectivity index (χ2n) is 5.54. The molecule has 124 valence electrons. The first-order chi connectivity index (χ1) is 10.5. The predicted molar refractivity (Wildman–Crippen MR) is 88.5 cm³/mol. The molecule has 0 radical (unpaired) electrons. The number of hydrogen-bond donors (Lipinski definition) is 1. The van der Waals surface area contributed by atoms with Gasteiger partial charge in [-0.15, -0.1) is 0 Å². The molecule has 0 amide bonds. The van der Waals surface area contributed by atoms with Gasteiger partial charge in [0.25, 0.3) is 0 Å². The molecule has 0 aliphatic carbocycles. The lowest BCUT2D eigenvalue weighted by molar-refractivity contribution is 0.288. The van der Waals surface area contributed by atoms with Gasteiger partial charge in [-0.05, 0) is 44.4 Å². The van der Waals surface area contributed by atoms with Gasteiger partial charge in [-0.25, -0.2) is 12.7 Å². The highest BCUT2D eigenvalue weighted by Gasteiger charge is 2.26. The quantitative estimate of drug-likeness (QED) is 0.832. The number of sulfonamides is 1. The fraction of sp³-hybridized carbons (Fsp3) is 0.625. The van der Waals surface area contributed by atoms with Crippen LogP contribution in [0.5, 0.6) is 5.75 Å². The number of benzene rings is 1. The summed E-state index contributed by atoms with van der Waals surface area (Å²) >= 11 is 0. The van der Waals surface area contributed by atoms with Crippen LogP contribution in [-0.4, -0.2) is 44.2 Å². The first-order valence-corrected chi connectivity index (χ1v) is 9.59. The van der Waals surface area contributed by atoms with E-state index < -0.39 is 10.0 Å². The smallest absolute Gasteiger partial charge is 0.213 e. The summed E-state index contributed by atoms with van der Waals surface area (Å²) in [5.41, 5.74) is 1.19. The van der Waals surface area contributed by atoms with Gasteiger partial charge in [0.15, 0.2) is 0 Å². The highest BCUT2D eigenvalue weighted by atomic mass is 32.2. The zero-order valence-electron chi connectivity index (χ0n) is 13.4. The third-order valence-corrected chi connectivity index (χ3v) is 5.90. The maximum atomic E-state index is 11.8. The van der Waals surface area contributed by atoms with E-state index in [1.54, 1.807) is 11.2 Å². The predicted octanol–water partition coefficient (Wildman–Crippen LogP) is 1.99. The molecule has 22 heavy (non-hydrogen) atoms. The monoisotopic (exact) mass is 326 g/mol. The minimum Gasteiger partial charge on any atom is -0.494 e. The Labute approximate surface area is 133 Å². The second kappa shape index (κ2) is 7.94. The van der Waals surface area contributed by atoms with E-state index in [4.69, 9.17) is 4.74 Å². The zero-order valence-corrected chi connectivity index (χ0v) is 14.2. The van der Waals surface area contributed by atoms with Crippen LogP contribution in [0.25, 0.3) is 0 Å². The van der Waals surface area contributed by atoms with E-state index in [2.05, 4.69) is 11.4 Å². The van der Waals surface area contributed by atoms with Crippen molar-refractivity contribution < 1.29 is 13.2 Å². The van der Waals surface area contributed by atoms with Crippen LogP contribution < -0.4 is 10.1 Å². The topological polar surface area (TPSA) is 58.6 Å². The summed E-state index contributed by atoms with van der Waals surface area (Å²) in [4.78, 5) is 0. The van der Waals surface area contributed by atoms with E-state index in [9.17, 15) is 8.42 Å². The molecular formula is C16H26N2O3S. The summed E-state index contributed by atoms with van der Waals surface area (Å²) in [7, 11) is -3.03. The lowest BCUT2D eigenvalue weighted by Gasteiger charge is -2.31. The van der Waals surface area contributed by atoms with Crippen LogP contribution in [0.4, 0.5) is 0 Å². The molecule has 1 N–H and O–H groups in total. The molecule has 5 nitrogen and oxygen atoms in total. The molecule has 6 heteroatoms. The molecule has 2 rings (SSSR count). The average Bonchev–Trinajstić information content (AvgIpc) is 2.54. The molecule has 1 aromatic rings. The molecule has 0 spiro atoms. The number of rotatable bonds is 7. The lowest BCUT2D eigenvalue weighted by atomic mass is 10.1.